The van der Waals surface area contributed by atoms with Gasteiger partial charge >= 0.3 is 6.09 Å². The second-order valence-electron chi connectivity index (χ2n) is 9.07. The Kier molecular flexibility index (Phi) is 5.93. The Balaban J connectivity index is 1.77. The van der Waals surface area contributed by atoms with Crippen LogP contribution in [0.3, 0.4) is 0 Å². The fraction of sp³-hybridized carbons (Fsp3) is 0.308. The number of benzene rings is 2. The first-order valence-corrected chi connectivity index (χ1v) is 11.6. The molecule has 1 atom stereocenters. The van der Waals surface area contributed by atoms with E-state index in [0.717, 1.165) is 38.7 Å². The van der Waals surface area contributed by atoms with E-state index in [2.05, 4.69) is 4.98 Å². The van der Waals surface area contributed by atoms with Crippen molar-refractivity contribution >= 4 is 38.4 Å². The summed E-state index contributed by atoms with van der Waals surface area (Å²) >= 11 is 1.43. The van der Waals surface area contributed by atoms with E-state index in [4.69, 9.17) is 9.47 Å². The zero-order valence-corrected chi connectivity index (χ0v) is 20.5. The molecule has 1 unspecified atom stereocenters. The van der Waals surface area contributed by atoms with Gasteiger partial charge in [-0.25, -0.2) is 4.79 Å². The molecule has 1 amide bonds. The fourth-order valence-electron chi connectivity index (χ4n) is 3.93. The van der Waals surface area contributed by atoms with Gasteiger partial charge in [0, 0.05) is 28.9 Å². The van der Waals surface area contributed by atoms with Gasteiger partial charge in [0.25, 0.3) is 5.56 Å². The van der Waals surface area contributed by atoms with Crippen molar-refractivity contribution in [2.75, 3.05) is 14.2 Å². The van der Waals surface area contributed by atoms with Crippen LogP contribution in [-0.4, -0.2) is 35.7 Å². The SMILES string of the molecule is COc1ccc2[nH]c(=O)c3sccc3c2c1-c1ccc(C(C)N(C)C(=O)OC(C)(C)C)cc1. The summed E-state index contributed by atoms with van der Waals surface area (Å²) in [5.41, 5.74) is 3.01. The number of fused-ring (bicyclic) bond motifs is 3. The molecule has 7 heteroatoms. The smallest absolute Gasteiger partial charge is 0.410 e. The summed E-state index contributed by atoms with van der Waals surface area (Å²) in [7, 11) is 3.39. The van der Waals surface area contributed by atoms with Gasteiger partial charge in [0.1, 0.15) is 16.1 Å². The molecule has 0 saturated heterocycles. The number of methoxy groups -OCH3 is 1. The third-order valence-electron chi connectivity index (χ3n) is 5.72. The fourth-order valence-corrected chi connectivity index (χ4v) is 4.72. The van der Waals surface area contributed by atoms with E-state index in [9.17, 15) is 9.59 Å². The molecule has 0 radical (unpaired) electrons. The molecule has 1 N–H and O–H groups in total. The second-order valence-corrected chi connectivity index (χ2v) is 9.99. The van der Waals surface area contributed by atoms with Crippen molar-refractivity contribution < 1.29 is 14.3 Å². The van der Waals surface area contributed by atoms with E-state index in [0.29, 0.717) is 4.70 Å². The summed E-state index contributed by atoms with van der Waals surface area (Å²) in [6.45, 7) is 7.53. The van der Waals surface area contributed by atoms with Gasteiger partial charge in [-0.3, -0.25) is 4.79 Å². The Bertz CT molecular complexity index is 1380. The first-order valence-electron chi connectivity index (χ1n) is 10.8. The van der Waals surface area contributed by atoms with Crippen molar-refractivity contribution in [1.29, 1.82) is 0 Å². The average molecular weight is 465 g/mol. The van der Waals surface area contributed by atoms with E-state index in [1.165, 1.54) is 11.3 Å². The number of aromatic amines is 1. The van der Waals surface area contributed by atoms with Gasteiger partial charge in [0.2, 0.25) is 0 Å². The van der Waals surface area contributed by atoms with Gasteiger partial charge in [0.05, 0.1) is 13.2 Å². The molecule has 6 nitrogen and oxygen atoms in total. The Morgan fingerprint density at radius 3 is 2.42 bits per heavy atom. The Morgan fingerprint density at radius 2 is 1.79 bits per heavy atom. The number of rotatable bonds is 4. The molecule has 2 aromatic heterocycles. The van der Waals surface area contributed by atoms with Crippen LogP contribution in [0.15, 0.2) is 52.6 Å². The average Bonchev–Trinajstić information content (AvgIpc) is 3.27. The minimum atomic E-state index is -0.548. The molecule has 0 fully saturated rings. The largest absolute Gasteiger partial charge is 0.496 e. The highest BCUT2D eigenvalue weighted by Gasteiger charge is 2.24. The van der Waals surface area contributed by atoms with E-state index in [-0.39, 0.29) is 17.7 Å². The van der Waals surface area contributed by atoms with Crippen LogP contribution in [0.2, 0.25) is 0 Å². The summed E-state index contributed by atoms with van der Waals surface area (Å²) < 4.78 is 11.9. The molecule has 0 aliphatic heterocycles. The van der Waals surface area contributed by atoms with Crippen LogP contribution in [-0.2, 0) is 4.74 Å². The molecule has 0 aliphatic carbocycles. The summed E-state index contributed by atoms with van der Waals surface area (Å²) in [4.78, 5) is 29.5. The highest BCUT2D eigenvalue weighted by Crippen LogP contribution is 2.40. The van der Waals surface area contributed by atoms with Gasteiger partial charge in [-0.2, -0.15) is 0 Å². The molecule has 0 spiro atoms. The maximum Gasteiger partial charge on any atom is 0.410 e. The van der Waals surface area contributed by atoms with Crippen LogP contribution in [0, 0.1) is 0 Å². The van der Waals surface area contributed by atoms with Crippen LogP contribution < -0.4 is 10.3 Å². The maximum absolute atomic E-state index is 12.5. The van der Waals surface area contributed by atoms with Crippen molar-refractivity contribution in [3.05, 3.63) is 63.8 Å². The molecule has 0 aliphatic rings. The molecule has 33 heavy (non-hydrogen) atoms. The van der Waals surface area contributed by atoms with Gasteiger partial charge in [-0.15, -0.1) is 11.3 Å². The summed E-state index contributed by atoms with van der Waals surface area (Å²) in [6.07, 6.45) is -0.362. The van der Waals surface area contributed by atoms with E-state index >= 15 is 0 Å². The highest BCUT2D eigenvalue weighted by molar-refractivity contribution is 7.17. The second kappa shape index (κ2) is 8.56. The monoisotopic (exact) mass is 464 g/mol. The van der Waals surface area contributed by atoms with Gasteiger partial charge < -0.3 is 19.4 Å². The standard InChI is InChI=1S/C26H28N2O4S/c1-15(28(5)25(30)32-26(2,3)4)16-7-9-17(10-8-16)21-20(31-6)12-11-19-22(21)18-13-14-33-23(18)24(29)27-19/h7-15H,1-6H3,(H,27,29). The van der Waals surface area contributed by atoms with E-state index < -0.39 is 5.60 Å². The number of ether oxygens (including phenoxy) is 2. The van der Waals surface area contributed by atoms with Crippen molar-refractivity contribution in [2.45, 2.75) is 39.3 Å². The zero-order chi connectivity index (χ0) is 23.9. The summed E-state index contributed by atoms with van der Waals surface area (Å²) in [5, 5.41) is 3.80. The molecular formula is C26H28N2O4S. The number of amides is 1. The summed E-state index contributed by atoms with van der Waals surface area (Å²) in [6, 6.07) is 13.6. The van der Waals surface area contributed by atoms with E-state index in [1.54, 1.807) is 19.1 Å². The van der Waals surface area contributed by atoms with Crippen LogP contribution in [0.4, 0.5) is 4.79 Å². The lowest BCUT2D eigenvalue weighted by molar-refractivity contribution is 0.0234. The van der Waals surface area contributed by atoms with Crippen molar-refractivity contribution in [1.82, 2.24) is 9.88 Å². The predicted molar refractivity (Wildman–Crippen MR) is 134 cm³/mol. The van der Waals surface area contributed by atoms with Crippen molar-refractivity contribution in [3.8, 4) is 16.9 Å². The number of aromatic nitrogens is 1. The number of hydrogen-bond donors (Lipinski definition) is 1. The quantitative estimate of drug-likeness (QED) is 0.382. The van der Waals surface area contributed by atoms with Crippen molar-refractivity contribution in [2.24, 2.45) is 0 Å². The Morgan fingerprint density at radius 1 is 1.09 bits per heavy atom. The molecule has 2 aromatic carbocycles. The molecule has 4 aromatic rings. The van der Waals surface area contributed by atoms with E-state index in [1.807, 2.05) is 75.5 Å². The number of carbonyl (C=O) groups excluding carboxylic acids is 1. The minimum Gasteiger partial charge on any atom is -0.496 e. The van der Waals surface area contributed by atoms with Crippen LogP contribution in [0.25, 0.3) is 32.1 Å². The molecule has 0 saturated carbocycles. The zero-order valence-electron chi connectivity index (χ0n) is 19.7. The number of nitrogens with one attached hydrogen (secondary N) is 1. The predicted octanol–water partition coefficient (Wildman–Crippen LogP) is 6.35. The number of carbonyl (C=O) groups is 1. The highest BCUT2D eigenvalue weighted by atomic mass is 32.1. The first kappa shape index (κ1) is 22.9. The first-order chi connectivity index (χ1) is 15.6. The molecule has 172 valence electrons. The number of pyridine rings is 1. The van der Waals surface area contributed by atoms with Gasteiger partial charge in [-0.05, 0) is 62.4 Å². The van der Waals surface area contributed by atoms with Crippen molar-refractivity contribution in [3.63, 3.8) is 0 Å². The number of thiophene rings is 1. The number of hydrogen-bond acceptors (Lipinski definition) is 5. The number of H-pyrrole nitrogens is 1. The minimum absolute atomic E-state index is 0.0852. The lowest BCUT2D eigenvalue weighted by atomic mass is 9.95. The third kappa shape index (κ3) is 4.33. The molecular weight excluding hydrogens is 436 g/mol. The van der Waals surface area contributed by atoms with Gasteiger partial charge in [-0.1, -0.05) is 24.3 Å². The van der Waals surface area contributed by atoms with Crippen LogP contribution in [0.1, 0.15) is 39.3 Å². The van der Waals surface area contributed by atoms with Crippen LogP contribution >= 0.6 is 11.3 Å². The molecule has 0 bridgehead atoms. The maximum atomic E-state index is 12.5. The molecule has 2 heterocycles. The topological polar surface area (TPSA) is 71.6 Å². The van der Waals surface area contributed by atoms with Gasteiger partial charge in [0.15, 0.2) is 0 Å². The lowest BCUT2D eigenvalue weighted by Gasteiger charge is -2.29. The summed E-state index contributed by atoms with van der Waals surface area (Å²) in [5.74, 6) is 0.730. The Labute approximate surface area is 196 Å². The molecule has 4 rings (SSSR count). The normalized spacial score (nSPS) is 12.7. The Hall–Kier alpha value is -3.32. The lowest BCUT2D eigenvalue weighted by Crippen LogP contribution is -2.35. The third-order valence-corrected chi connectivity index (χ3v) is 6.63. The number of nitrogens with zero attached hydrogens (tertiary/aromatic N) is 1. The van der Waals surface area contributed by atoms with Crippen LogP contribution in [0.5, 0.6) is 5.75 Å².